The highest BCUT2D eigenvalue weighted by atomic mass is 35.5. The molecule has 0 saturated heterocycles. The lowest BCUT2D eigenvalue weighted by Gasteiger charge is -2.08. The number of amides is 1. The van der Waals surface area contributed by atoms with Crippen LogP contribution in [0, 0.1) is 0 Å². The van der Waals surface area contributed by atoms with Crippen molar-refractivity contribution in [2.45, 2.75) is 26.4 Å². The van der Waals surface area contributed by atoms with Gasteiger partial charge in [0.1, 0.15) is 6.54 Å². The van der Waals surface area contributed by atoms with Crippen molar-refractivity contribution in [2.75, 3.05) is 0 Å². The molecule has 8 heteroatoms. The van der Waals surface area contributed by atoms with Crippen LogP contribution in [0.1, 0.15) is 13.8 Å². The van der Waals surface area contributed by atoms with Gasteiger partial charge in [-0.05, 0) is 50.2 Å². The molecule has 0 bridgehead atoms. The zero-order valence-electron chi connectivity index (χ0n) is 13.8. The van der Waals surface area contributed by atoms with E-state index in [1.54, 1.807) is 36.4 Å². The lowest BCUT2D eigenvalue weighted by Crippen LogP contribution is -2.36. The molecule has 0 fully saturated rings. The molecule has 7 nitrogen and oxygen atoms in total. The average Bonchev–Trinajstić information content (AvgIpc) is 3.17. The van der Waals surface area contributed by atoms with Crippen molar-refractivity contribution in [3.05, 3.63) is 58.2 Å². The summed E-state index contributed by atoms with van der Waals surface area (Å²) in [5, 5.41) is 7.65. The number of nitrogens with zero attached hydrogens (tertiary/aromatic N) is 3. The summed E-state index contributed by atoms with van der Waals surface area (Å²) >= 11 is 5.89. The summed E-state index contributed by atoms with van der Waals surface area (Å²) in [6.45, 7) is 3.55. The quantitative estimate of drug-likeness (QED) is 0.757. The minimum absolute atomic E-state index is 0.0263. The molecule has 0 radical (unpaired) electrons. The van der Waals surface area contributed by atoms with Gasteiger partial charge in [0, 0.05) is 11.1 Å². The van der Waals surface area contributed by atoms with Crippen LogP contribution in [0.4, 0.5) is 0 Å². The minimum atomic E-state index is -0.437. The molecule has 25 heavy (non-hydrogen) atoms. The highest BCUT2D eigenvalue weighted by Gasteiger charge is 2.20. The number of halogens is 1. The van der Waals surface area contributed by atoms with Crippen LogP contribution in [-0.2, 0) is 11.3 Å². The van der Waals surface area contributed by atoms with Crippen LogP contribution >= 0.6 is 11.6 Å². The standard InChI is InChI=1S/C17H17ClN4O3/c1-11(2)19-15(23)10-21-16(14-4-3-9-25-14)20-22(17(21)24)13-7-5-12(18)6-8-13/h3-9,11H,10H2,1-2H3,(H,19,23). The highest BCUT2D eigenvalue weighted by Crippen LogP contribution is 2.18. The first kappa shape index (κ1) is 17.0. The number of carbonyl (C=O) groups is 1. The summed E-state index contributed by atoms with van der Waals surface area (Å²) in [5.74, 6) is 0.409. The molecule has 3 aromatic rings. The maximum atomic E-state index is 12.8. The second-order valence-electron chi connectivity index (χ2n) is 5.78. The second kappa shape index (κ2) is 6.98. The molecule has 0 unspecified atom stereocenters. The monoisotopic (exact) mass is 360 g/mol. The van der Waals surface area contributed by atoms with Gasteiger partial charge >= 0.3 is 5.69 Å². The SMILES string of the molecule is CC(C)NC(=O)Cn1c(-c2ccco2)nn(-c2ccc(Cl)cc2)c1=O. The first-order valence-electron chi connectivity index (χ1n) is 7.74. The smallest absolute Gasteiger partial charge is 0.351 e. The maximum Gasteiger partial charge on any atom is 0.351 e. The molecule has 3 rings (SSSR count). The lowest BCUT2D eigenvalue weighted by molar-refractivity contribution is -0.122. The average molecular weight is 361 g/mol. The van der Waals surface area contributed by atoms with Crippen molar-refractivity contribution >= 4 is 17.5 Å². The number of nitrogens with one attached hydrogen (secondary N) is 1. The van der Waals surface area contributed by atoms with Crippen LogP contribution in [0.15, 0.2) is 51.9 Å². The summed E-state index contributed by atoms with van der Waals surface area (Å²) in [7, 11) is 0. The fourth-order valence-corrected chi connectivity index (χ4v) is 2.51. The van der Waals surface area contributed by atoms with E-state index in [1.807, 2.05) is 13.8 Å². The molecule has 0 saturated carbocycles. The van der Waals surface area contributed by atoms with E-state index in [-0.39, 0.29) is 24.3 Å². The Labute approximate surface area is 148 Å². The normalized spacial score (nSPS) is 11.0. The number of furan rings is 1. The Hall–Kier alpha value is -2.80. The molecule has 2 heterocycles. The molecular formula is C17H17ClN4O3. The molecule has 1 N–H and O–H groups in total. The summed E-state index contributed by atoms with van der Waals surface area (Å²) in [4.78, 5) is 24.9. The number of hydrogen-bond donors (Lipinski definition) is 1. The van der Waals surface area contributed by atoms with E-state index in [0.717, 1.165) is 0 Å². The zero-order chi connectivity index (χ0) is 18.0. The third-order valence-corrected chi connectivity index (χ3v) is 3.68. The van der Waals surface area contributed by atoms with Gasteiger partial charge in [-0.2, -0.15) is 4.68 Å². The van der Waals surface area contributed by atoms with Crippen LogP contribution in [-0.4, -0.2) is 26.3 Å². The first-order chi connectivity index (χ1) is 12.0. The number of rotatable bonds is 5. The van der Waals surface area contributed by atoms with Gasteiger partial charge in [0.2, 0.25) is 11.7 Å². The van der Waals surface area contributed by atoms with Gasteiger partial charge in [-0.1, -0.05) is 11.6 Å². The predicted molar refractivity (Wildman–Crippen MR) is 93.8 cm³/mol. The largest absolute Gasteiger partial charge is 0.461 e. The van der Waals surface area contributed by atoms with Crippen molar-refractivity contribution in [1.82, 2.24) is 19.7 Å². The van der Waals surface area contributed by atoms with Crippen LogP contribution < -0.4 is 11.0 Å². The third kappa shape index (κ3) is 3.66. The fraction of sp³-hybridized carbons (Fsp3) is 0.235. The van der Waals surface area contributed by atoms with Gasteiger partial charge in [-0.3, -0.25) is 9.36 Å². The summed E-state index contributed by atoms with van der Waals surface area (Å²) in [5.41, 5.74) is 0.109. The Morgan fingerprint density at radius 1 is 1.28 bits per heavy atom. The number of hydrogen-bond acceptors (Lipinski definition) is 4. The van der Waals surface area contributed by atoms with E-state index in [9.17, 15) is 9.59 Å². The highest BCUT2D eigenvalue weighted by molar-refractivity contribution is 6.30. The van der Waals surface area contributed by atoms with E-state index in [4.69, 9.17) is 16.0 Å². The molecule has 130 valence electrons. The topological polar surface area (TPSA) is 82.1 Å². The van der Waals surface area contributed by atoms with Gasteiger partial charge in [0.05, 0.1) is 12.0 Å². The van der Waals surface area contributed by atoms with E-state index in [1.165, 1.54) is 15.5 Å². The van der Waals surface area contributed by atoms with E-state index < -0.39 is 5.69 Å². The van der Waals surface area contributed by atoms with Crippen molar-refractivity contribution in [1.29, 1.82) is 0 Å². The molecule has 1 aromatic carbocycles. The summed E-state index contributed by atoms with van der Waals surface area (Å²) in [6.07, 6.45) is 1.49. The summed E-state index contributed by atoms with van der Waals surface area (Å²) in [6, 6.07) is 10.1. The molecule has 1 amide bonds. The van der Waals surface area contributed by atoms with Gasteiger partial charge in [0.25, 0.3) is 0 Å². The fourth-order valence-electron chi connectivity index (χ4n) is 2.39. The molecular weight excluding hydrogens is 344 g/mol. The Morgan fingerprint density at radius 2 is 2.00 bits per heavy atom. The third-order valence-electron chi connectivity index (χ3n) is 3.43. The predicted octanol–water partition coefficient (Wildman–Crippen LogP) is 2.47. The van der Waals surface area contributed by atoms with Crippen LogP contribution in [0.5, 0.6) is 0 Å². The van der Waals surface area contributed by atoms with Gasteiger partial charge in [-0.15, -0.1) is 5.10 Å². The van der Waals surface area contributed by atoms with Gasteiger partial charge < -0.3 is 9.73 Å². The van der Waals surface area contributed by atoms with Crippen molar-refractivity contribution < 1.29 is 9.21 Å². The van der Waals surface area contributed by atoms with Crippen LogP contribution in [0.2, 0.25) is 5.02 Å². The van der Waals surface area contributed by atoms with Crippen molar-refractivity contribution in [3.8, 4) is 17.3 Å². The van der Waals surface area contributed by atoms with E-state index >= 15 is 0 Å². The Kier molecular flexibility index (Phi) is 4.76. The molecule has 0 aliphatic carbocycles. The molecule has 0 aliphatic rings. The van der Waals surface area contributed by atoms with Gasteiger partial charge in [-0.25, -0.2) is 4.79 Å². The van der Waals surface area contributed by atoms with Crippen molar-refractivity contribution in [2.24, 2.45) is 0 Å². The minimum Gasteiger partial charge on any atom is -0.461 e. The van der Waals surface area contributed by atoms with Crippen molar-refractivity contribution in [3.63, 3.8) is 0 Å². The number of carbonyl (C=O) groups excluding carboxylic acids is 1. The molecule has 0 aliphatic heterocycles. The lowest BCUT2D eigenvalue weighted by atomic mass is 10.3. The second-order valence-corrected chi connectivity index (χ2v) is 6.22. The Morgan fingerprint density at radius 3 is 2.60 bits per heavy atom. The molecule has 0 spiro atoms. The Balaban J connectivity index is 2.07. The number of benzene rings is 1. The molecule has 2 aromatic heterocycles. The van der Waals surface area contributed by atoms with E-state index in [2.05, 4.69) is 10.4 Å². The maximum absolute atomic E-state index is 12.8. The zero-order valence-corrected chi connectivity index (χ0v) is 14.5. The number of aromatic nitrogens is 3. The molecule has 0 atom stereocenters. The van der Waals surface area contributed by atoms with Gasteiger partial charge in [0.15, 0.2) is 5.76 Å². The van der Waals surface area contributed by atoms with Crippen LogP contribution in [0.25, 0.3) is 17.3 Å². The van der Waals surface area contributed by atoms with E-state index in [0.29, 0.717) is 16.5 Å². The first-order valence-corrected chi connectivity index (χ1v) is 8.12. The summed E-state index contributed by atoms with van der Waals surface area (Å²) < 4.78 is 7.86. The Bertz CT molecular complexity index is 924. The van der Waals surface area contributed by atoms with Crippen LogP contribution in [0.3, 0.4) is 0 Å².